The molecular formula is C74H93ClN18O14. The SMILES string of the molecule is CC(=O)N[C@H](Cc1ccc2ccccc2c1)C(=O)N[C@H](Cc1ccc(Cl)cc1)C(=O)N[C@H](Cc1cccnc1)C(=O)N[C@H]1CC(=O)NCC(C(N)=O)NC(=O)[C@@H]2CCCN2C(=O)[C@@H]2CCNC(=O)[C@H](Cc3ccccc3)NC(=O)CC[C@H](NC1=O)C(=O)N[C@H](CCCNC(=N)N)C(=O)N[C@@H](CC(C)C)C(=O)N2. The summed E-state index contributed by atoms with van der Waals surface area (Å²) in [7, 11) is 0. The molecule has 5 aromatic rings. The van der Waals surface area contributed by atoms with Gasteiger partial charge in [-0.15, -0.1) is 0 Å². The molecule has 8 rings (SSSR count). The molecule has 33 heteroatoms. The highest BCUT2D eigenvalue weighted by atomic mass is 35.5. The van der Waals surface area contributed by atoms with Crippen LogP contribution in [0.25, 0.3) is 10.8 Å². The van der Waals surface area contributed by atoms with Crippen LogP contribution in [-0.2, 0) is 92.8 Å². The molecule has 4 heterocycles. The molecule has 1 aromatic heterocycles. The first kappa shape index (κ1) is 81.1. The molecule has 570 valence electrons. The lowest BCUT2D eigenvalue weighted by Gasteiger charge is -2.31. The molecule has 18 N–H and O–H groups in total. The Kier molecular flexibility index (Phi) is 30.0. The number of pyridine rings is 1. The topological polar surface area (TPSA) is 487 Å². The van der Waals surface area contributed by atoms with Gasteiger partial charge in [-0.25, -0.2) is 0 Å². The van der Waals surface area contributed by atoms with Gasteiger partial charge in [-0.05, 0) is 102 Å². The molecule has 32 nitrogen and oxygen atoms in total. The number of halogens is 1. The summed E-state index contributed by atoms with van der Waals surface area (Å²) in [5, 5.41) is 44.3. The lowest BCUT2D eigenvalue weighted by Crippen LogP contribution is -2.61. The highest BCUT2D eigenvalue weighted by Crippen LogP contribution is 2.22. The van der Waals surface area contributed by atoms with Crippen molar-refractivity contribution >= 4 is 111 Å². The van der Waals surface area contributed by atoms with Gasteiger partial charge in [0.25, 0.3) is 0 Å². The molecule has 4 aromatic carbocycles. The van der Waals surface area contributed by atoms with Crippen molar-refractivity contribution in [3.05, 3.63) is 149 Å². The Labute approximate surface area is 622 Å². The molecule has 107 heavy (non-hydrogen) atoms. The first-order valence-electron chi connectivity index (χ1n) is 35.5. The fourth-order valence-corrected chi connectivity index (χ4v) is 12.9. The summed E-state index contributed by atoms with van der Waals surface area (Å²) in [6.45, 7) is 3.66. The van der Waals surface area contributed by atoms with Gasteiger partial charge in [0.05, 0.1) is 6.42 Å². The number of aromatic nitrogens is 1. The molecule has 3 saturated heterocycles. The van der Waals surface area contributed by atoms with Gasteiger partial charge in [0, 0.05) is 82.6 Å². The lowest BCUT2D eigenvalue weighted by molar-refractivity contribution is -0.142. The third-order valence-electron chi connectivity index (χ3n) is 18.3. The molecule has 0 saturated carbocycles. The van der Waals surface area contributed by atoms with Crippen LogP contribution in [0, 0.1) is 11.3 Å². The number of guanidine groups is 1. The Morgan fingerprint density at radius 2 is 1.24 bits per heavy atom. The fourth-order valence-electron chi connectivity index (χ4n) is 12.8. The largest absolute Gasteiger partial charge is 0.370 e. The number of nitrogens with one attached hydrogen (secondary N) is 14. The molecule has 2 bridgehead atoms. The van der Waals surface area contributed by atoms with E-state index in [4.69, 9.17) is 28.5 Å². The number of primary amides is 1. The molecule has 11 atom stereocenters. The predicted octanol–water partition coefficient (Wildman–Crippen LogP) is -1.37. The second kappa shape index (κ2) is 39.5. The second-order valence-corrected chi connectivity index (χ2v) is 27.6. The highest BCUT2D eigenvalue weighted by molar-refractivity contribution is 6.30. The van der Waals surface area contributed by atoms with E-state index in [-0.39, 0.29) is 89.8 Å². The summed E-state index contributed by atoms with van der Waals surface area (Å²) in [5.74, 6) is -13.9. The van der Waals surface area contributed by atoms with Gasteiger partial charge in [-0.2, -0.15) is 0 Å². The van der Waals surface area contributed by atoms with E-state index in [1.807, 2.05) is 36.4 Å². The van der Waals surface area contributed by atoms with E-state index >= 15 is 19.2 Å². The quantitative estimate of drug-likeness (QED) is 0.0165. The molecular weight excluding hydrogens is 1400 g/mol. The summed E-state index contributed by atoms with van der Waals surface area (Å²) in [6.07, 6.45) is -0.367. The smallest absolute Gasteiger partial charge is 0.245 e. The van der Waals surface area contributed by atoms with Crippen molar-refractivity contribution in [3.63, 3.8) is 0 Å². The van der Waals surface area contributed by atoms with E-state index < -0.39 is 181 Å². The molecule has 0 spiro atoms. The summed E-state index contributed by atoms with van der Waals surface area (Å²) >= 11 is 6.28. The third kappa shape index (κ3) is 25.1. The second-order valence-electron chi connectivity index (χ2n) is 27.2. The standard InChI is InChI=1S/C74H93ClN18O14/c1-41(2)32-53-67(101)87-52-27-30-80-64(98)54(34-43-12-5-4-6-13-43)84-61(95)26-25-51(66(100)85-50(65(99)88-53)17-10-29-81-74(77)78)86-71(105)58(38-62(96)82-40-59(63(76)97)92-72(106)60-18-11-31-93(60)73(52)107)91-70(104)57(37-46-14-9-28-79-39-46)90-69(103)56(35-44-20-23-49(75)24-21-44)89-68(102)55(83-42(3)94)36-45-19-22-47-15-7-8-16-48(47)33-45/h4-9,12-16,19-24,28,33,39,41,50-60H,10-11,17-18,25-27,29-32,34-38,40H2,1-3H3,(H2,76,97)(H,80,98)(H,82,96)(H,83,94)(H,84,95)(H,85,100)(H,86,105)(H,87,101)(H,88,99)(H,89,102)(H,90,103)(H,91,104)(H,92,106)(H4,77,78,81)/t50-,51+,52+,53+,54+,55-,56-,57-,58+,59?,60+/m1/s1. The van der Waals surface area contributed by atoms with Crippen molar-refractivity contribution in [1.29, 1.82) is 5.41 Å². The van der Waals surface area contributed by atoms with Crippen molar-refractivity contribution in [2.45, 2.75) is 171 Å². The number of benzene rings is 4. The lowest BCUT2D eigenvalue weighted by atomic mass is 9.99. The van der Waals surface area contributed by atoms with Crippen LogP contribution < -0.4 is 80.6 Å². The molecule has 14 amide bonds. The number of carbonyl (C=O) groups excluding carboxylic acids is 14. The van der Waals surface area contributed by atoms with Crippen LogP contribution in [-0.4, -0.2) is 191 Å². The number of rotatable bonds is 22. The zero-order valence-electron chi connectivity index (χ0n) is 59.6. The Morgan fingerprint density at radius 1 is 0.607 bits per heavy atom. The number of hydrogen-bond donors (Lipinski definition) is 16. The van der Waals surface area contributed by atoms with Crippen molar-refractivity contribution < 1.29 is 67.1 Å². The Hall–Kier alpha value is -11.6. The average molecular weight is 1490 g/mol. The summed E-state index contributed by atoms with van der Waals surface area (Å²) in [4.78, 5) is 209. The Balaban J connectivity index is 1.20. The normalized spacial score (nSPS) is 21.9. The maximum Gasteiger partial charge on any atom is 0.245 e. The van der Waals surface area contributed by atoms with Crippen molar-refractivity contribution in [3.8, 4) is 0 Å². The molecule has 3 fully saturated rings. The van der Waals surface area contributed by atoms with Crippen LogP contribution in [0.2, 0.25) is 5.02 Å². The van der Waals surface area contributed by atoms with Gasteiger partial charge in [-0.3, -0.25) is 77.5 Å². The van der Waals surface area contributed by atoms with Crippen molar-refractivity contribution in [2.75, 3.05) is 26.2 Å². The van der Waals surface area contributed by atoms with Gasteiger partial charge in [0.15, 0.2) is 5.96 Å². The minimum absolute atomic E-state index is 0.00322. The summed E-state index contributed by atoms with van der Waals surface area (Å²) < 4.78 is 0. The van der Waals surface area contributed by atoms with Crippen LogP contribution in [0.1, 0.15) is 101 Å². The number of nitrogens with two attached hydrogens (primary N) is 2. The van der Waals surface area contributed by atoms with Crippen LogP contribution in [0.3, 0.4) is 0 Å². The van der Waals surface area contributed by atoms with Crippen LogP contribution in [0.4, 0.5) is 0 Å². The number of nitrogens with zero attached hydrogens (tertiary/aromatic N) is 2. The van der Waals surface area contributed by atoms with E-state index in [1.54, 1.807) is 86.6 Å². The maximum atomic E-state index is 15.4. The molecule has 0 aliphatic carbocycles. The number of fused-ring (bicyclic) bond motifs is 11. The maximum absolute atomic E-state index is 15.4. The first-order valence-corrected chi connectivity index (χ1v) is 35.9. The van der Waals surface area contributed by atoms with Crippen LogP contribution in [0.5, 0.6) is 0 Å². The fraction of sp³-hybridized carbons (Fsp3) is 0.432. The number of carbonyl (C=O) groups is 14. The average Bonchev–Trinajstić information content (AvgIpc) is 1.76. The van der Waals surface area contributed by atoms with Crippen LogP contribution in [0.15, 0.2) is 122 Å². The third-order valence-corrected chi connectivity index (χ3v) is 18.5. The number of hydrogen-bond acceptors (Lipinski definition) is 16. The van der Waals surface area contributed by atoms with Crippen molar-refractivity contribution in [2.24, 2.45) is 17.4 Å². The van der Waals surface area contributed by atoms with E-state index in [1.165, 1.54) is 24.2 Å². The molecule has 0 radical (unpaired) electrons. The monoisotopic (exact) mass is 1490 g/mol. The zero-order chi connectivity index (χ0) is 77.3. The van der Waals surface area contributed by atoms with E-state index in [2.05, 4.69) is 74.1 Å². The predicted molar refractivity (Wildman–Crippen MR) is 393 cm³/mol. The minimum atomic E-state index is -2.08. The Bertz CT molecular complexity index is 4060. The molecule has 3 aliphatic heterocycles. The van der Waals surface area contributed by atoms with Gasteiger partial charge in [-0.1, -0.05) is 116 Å². The zero-order valence-corrected chi connectivity index (χ0v) is 60.4. The van der Waals surface area contributed by atoms with Crippen molar-refractivity contribution in [1.82, 2.24) is 79.0 Å². The van der Waals surface area contributed by atoms with Gasteiger partial charge < -0.3 is 85.5 Å². The summed E-state index contributed by atoms with van der Waals surface area (Å²) in [5.41, 5.74) is 13.5. The van der Waals surface area contributed by atoms with Gasteiger partial charge in [0.1, 0.15) is 66.5 Å². The molecule has 1 unspecified atom stereocenters. The van der Waals surface area contributed by atoms with E-state index in [9.17, 15) is 47.9 Å². The first-order chi connectivity index (χ1) is 51.2. The highest BCUT2D eigenvalue weighted by Gasteiger charge is 2.42. The number of amides is 14. The Morgan fingerprint density at radius 3 is 1.93 bits per heavy atom. The molecule has 3 aliphatic rings. The minimum Gasteiger partial charge on any atom is -0.370 e. The summed E-state index contributed by atoms with van der Waals surface area (Å²) in [6, 6.07) is 13.9. The van der Waals surface area contributed by atoms with Crippen LogP contribution >= 0.6 is 11.6 Å². The van der Waals surface area contributed by atoms with E-state index in [0.717, 1.165) is 10.8 Å². The van der Waals surface area contributed by atoms with Gasteiger partial charge >= 0.3 is 0 Å². The van der Waals surface area contributed by atoms with E-state index in [0.29, 0.717) is 27.3 Å². The van der Waals surface area contributed by atoms with Gasteiger partial charge in [0.2, 0.25) is 82.7 Å².